The third-order valence-electron chi connectivity index (χ3n) is 3.89. The Bertz CT molecular complexity index is 479. The van der Waals surface area contributed by atoms with Gasteiger partial charge in [-0.25, -0.2) is 0 Å². The van der Waals surface area contributed by atoms with E-state index in [4.69, 9.17) is 9.47 Å². The molecule has 3 nitrogen and oxygen atoms in total. The lowest BCUT2D eigenvalue weighted by Crippen LogP contribution is -2.21. The number of methoxy groups -OCH3 is 1. The second-order valence-electron chi connectivity index (χ2n) is 6.51. The van der Waals surface area contributed by atoms with Crippen molar-refractivity contribution >= 4 is 5.97 Å². The van der Waals surface area contributed by atoms with E-state index in [0.717, 1.165) is 37.0 Å². The normalized spacial score (nSPS) is 16.2. The summed E-state index contributed by atoms with van der Waals surface area (Å²) >= 11 is 0. The molecule has 1 saturated carbocycles. The van der Waals surface area contributed by atoms with Crippen LogP contribution in [-0.2, 0) is 10.2 Å². The fourth-order valence-corrected chi connectivity index (χ4v) is 2.66. The highest BCUT2D eigenvalue weighted by Crippen LogP contribution is 2.35. The van der Waals surface area contributed by atoms with Crippen molar-refractivity contribution in [3.05, 3.63) is 23.8 Å². The largest absolute Gasteiger partial charge is 0.497 e. The van der Waals surface area contributed by atoms with E-state index in [2.05, 4.69) is 20.8 Å². The van der Waals surface area contributed by atoms with E-state index in [0.29, 0.717) is 5.75 Å². The second-order valence-corrected chi connectivity index (χ2v) is 6.51. The minimum atomic E-state index is -0.0974. The fourth-order valence-electron chi connectivity index (χ4n) is 2.66. The molecule has 2 rings (SSSR count). The monoisotopic (exact) mass is 276 g/mol. The molecular weight excluding hydrogens is 252 g/mol. The first-order chi connectivity index (χ1) is 9.41. The number of hydrogen-bond acceptors (Lipinski definition) is 3. The number of carbonyl (C=O) groups excluding carboxylic acids is 1. The molecule has 0 atom stereocenters. The number of esters is 1. The van der Waals surface area contributed by atoms with Gasteiger partial charge in [-0.15, -0.1) is 0 Å². The van der Waals surface area contributed by atoms with Gasteiger partial charge in [-0.2, -0.15) is 0 Å². The summed E-state index contributed by atoms with van der Waals surface area (Å²) < 4.78 is 10.9. The lowest BCUT2D eigenvalue weighted by Gasteiger charge is -2.23. The molecule has 0 aliphatic heterocycles. The van der Waals surface area contributed by atoms with Crippen molar-refractivity contribution < 1.29 is 14.3 Å². The minimum Gasteiger partial charge on any atom is -0.497 e. The molecule has 0 spiro atoms. The highest BCUT2D eigenvalue weighted by molar-refractivity contribution is 5.76. The molecule has 1 aliphatic rings. The Morgan fingerprint density at radius 1 is 1.20 bits per heavy atom. The Morgan fingerprint density at radius 2 is 1.85 bits per heavy atom. The molecule has 0 bridgehead atoms. The van der Waals surface area contributed by atoms with Crippen molar-refractivity contribution in [3.63, 3.8) is 0 Å². The number of carbonyl (C=O) groups is 1. The van der Waals surface area contributed by atoms with Crippen LogP contribution in [-0.4, -0.2) is 13.1 Å². The topological polar surface area (TPSA) is 35.5 Å². The zero-order valence-corrected chi connectivity index (χ0v) is 12.9. The lowest BCUT2D eigenvalue weighted by atomic mass is 9.86. The molecule has 0 unspecified atom stereocenters. The van der Waals surface area contributed by atoms with Crippen molar-refractivity contribution in [2.45, 2.75) is 51.9 Å². The zero-order chi connectivity index (χ0) is 14.8. The first-order valence-electron chi connectivity index (χ1n) is 7.32. The Labute approximate surface area is 121 Å². The Balaban J connectivity index is 2.24. The van der Waals surface area contributed by atoms with Crippen LogP contribution in [0.5, 0.6) is 11.5 Å². The summed E-state index contributed by atoms with van der Waals surface area (Å²) in [6.07, 6.45) is 4.18. The molecule has 110 valence electrons. The number of benzene rings is 1. The first kappa shape index (κ1) is 14.9. The quantitative estimate of drug-likeness (QED) is 0.616. The van der Waals surface area contributed by atoms with Gasteiger partial charge >= 0.3 is 5.97 Å². The maximum Gasteiger partial charge on any atom is 0.314 e. The summed E-state index contributed by atoms with van der Waals surface area (Å²) in [5, 5.41) is 0. The van der Waals surface area contributed by atoms with E-state index < -0.39 is 0 Å². The van der Waals surface area contributed by atoms with Gasteiger partial charge < -0.3 is 9.47 Å². The maximum absolute atomic E-state index is 12.2. The SMILES string of the molecule is COc1ccc(OC(=O)C2CCCC2)c(C(C)(C)C)c1. The molecule has 1 fully saturated rings. The van der Waals surface area contributed by atoms with Crippen molar-refractivity contribution in [2.24, 2.45) is 5.92 Å². The molecule has 0 aromatic heterocycles. The standard InChI is InChI=1S/C17H24O3/c1-17(2,3)14-11-13(19-4)9-10-15(14)20-16(18)12-7-5-6-8-12/h9-12H,5-8H2,1-4H3. The molecule has 1 aromatic rings. The maximum atomic E-state index is 12.2. The average molecular weight is 276 g/mol. The number of ether oxygens (including phenoxy) is 2. The van der Waals surface area contributed by atoms with Gasteiger partial charge in [-0.3, -0.25) is 4.79 Å². The summed E-state index contributed by atoms with van der Waals surface area (Å²) in [5.74, 6) is 1.44. The highest BCUT2D eigenvalue weighted by atomic mass is 16.5. The van der Waals surface area contributed by atoms with Gasteiger partial charge in [0.25, 0.3) is 0 Å². The summed E-state index contributed by atoms with van der Waals surface area (Å²) in [6.45, 7) is 6.32. The predicted molar refractivity (Wildman–Crippen MR) is 79.3 cm³/mol. The van der Waals surface area contributed by atoms with Crippen molar-refractivity contribution in [1.82, 2.24) is 0 Å². The van der Waals surface area contributed by atoms with E-state index in [1.54, 1.807) is 7.11 Å². The van der Waals surface area contributed by atoms with E-state index in [1.807, 2.05) is 18.2 Å². The van der Waals surface area contributed by atoms with Gasteiger partial charge in [0.2, 0.25) is 0 Å². The van der Waals surface area contributed by atoms with Gasteiger partial charge in [-0.1, -0.05) is 33.6 Å². The first-order valence-corrected chi connectivity index (χ1v) is 7.32. The Hall–Kier alpha value is -1.51. The number of rotatable bonds is 3. The average Bonchev–Trinajstić information content (AvgIpc) is 2.91. The molecule has 1 aromatic carbocycles. The summed E-state index contributed by atoms with van der Waals surface area (Å²) in [4.78, 5) is 12.2. The van der Waals surface area contributed by atoms with Crippen LogP contribution < -0.4 is 9.47 Å². The second kappa shape index (κ2) is 5.86. The lowest BCUT2D eigenvalue weighted by molar-refractivity contribution is -0.138. The van der Waals surface area contributed by atoms with E-state index in [1.165, 1.54) is 0 Å². The summed E-state index contributed by atoms with van der Waals surface area (Å²) in [5.41, 5.74) is 0.906. The van der Waals surface area contributed by atoms with Crippen LogP contribution in [0.3, 0.4) is 0 Å². The van der Waals surface area contributed by atoms with E-state index >= 15 is 0 Å². The Morgan fingerprint density at radius 3 is 2.40 bits per heavy atom. The van der Waals surface area contributed by atoms with Crippen molar-refractivity contribution in [3.8, 4) is 11.5 Å². The molecule has 0 N–H and O–H groups in total. The van der Waals surface area contributed by atoms with E-state index in [-0.39, 0.29) is 17.3 Å². The van der Waals surface area contributed by atoms with Gasteiger partial charge in [0.05, 0.1) is 13.0 Å². The smallest absolute Gasteiger partial charge is 0.314 e. The third kappa shape index (κ3) is 3.33. The Kier molecular flexibility index (Phi) is 4.36. The minimum absolute atomic E-state index is 0.0740. The van der Waals surface area contributed by atoms with Gasteiger partial charge in [-0.05, 0) is 36.5 Å². The highest BCUT2D eigenvalue weighted by Gasteiger charge is 2.27. The fraction of sp³-hybridized carbons (Fsp3) is 0.588. The summed E-state index contributed by atoms with van der Waals surface area (Å²) in [6, 6.07) is 5.63. The number of hydrogen-bond donors (Lipinski definition) is 0. The summed E-state index contributed by atoms with van der Waals surface area (Å²) in [7, 11) is 1.64. The van der Waals surface area contributed by atoms with Crippen LogP contribution in [0.15, 0.2) is 18.2 Å². The van der Waals surface area contributed by atoms with Crippen LogP contribution in [0.2, 0.25) is 0 Å². The molecule has 0 heterocycles. The van der Waals surface area contributed by atoms with Crippen LogP contribution in [0, 0.1) is 5.92 Å². The van der Waals surface area contributed by atoms with Crippen LogP contribution in [0.25, 0.3) is 0 Å². The molecule has 0 radical (unpaired) electrons. The molecule has 3 heteroatoms. The predicted octanol–water partition coefficient (Wildman–Crippen LogP) is 4.09. The van der Waals surface area contributed by atoms with Gasteiger partial charge in [0.1, 0.15) is 11.5 Å². The van der Waals surface area contributed by atoms with Gasteiger partial charge in [0, 0.05) is 5.56 Å². The van der Waals surface area contributed by atoms with Crippen molar-refractivity contribution in [1.29, 1.82) is 0 Å². The third-order valence-corrected chi connectivity index (χ3v) is 3.89. The molecular formula is C17H24O3. The van der Waals surface area contributed by atoms with Crippen LogP contribution >= 0.6 is 0 Å². The zero-order valence-electron chi connectivity index (χ0n) is 12.9. The van der Waals surface area contributed by atoms with Gasteiger partial charge in [0.15, 0.2) is 0 Å². The van der Waals surface area contributed by atoms with Crippen LogP contribution in [0.1, 0.15) is 52.0 Å². The van der Waals surface area contributed by atoms with Crippen LogP contribution in [0.4, 0.5) is 0 Å². The van der Waals surface area contributed by atoms with Crippen molar-refractivity contribution in [2.75, 3.05) is 7.11 Å². The molecule has 20 heavy (non-hydrogen) atoms. The van der Waals surface area contributed by atoms with E-state index in [9.17, 15) is 4.79 Å². The molecule has 0 saturated heterocycles. The molecule has 1 aliphatic carbocycles. The molecule has 0 amide bonds.